The molecule has 4 rings (SSSR count). The van der Waals surface area contributed by atoms with Crippen LogP contribution in [-0.4, -0.2) is 32.0 Å². The highest BCUT2D eigenvalue weighted by atomic mass is 35.5. The third-order valence-corrected chi connectivity index (χ3v) is 6.35. The van der Waals surface area contributed by atoms with Gasteiger partial charge in [0.25, 0.3) is 5.91 Å². The van der Waals surface area contributed by atoms with Crippen molar-refractivity contribution in [2.75, 3.05) is 21.1 Å². The SMILES string of the molecule is CN(C)C(=O)c1ccccc1.CN[C@H]1CC[C@@H](c2ccc(Cl)c(Cl)c2)c2ccccc21. The van der Waals surface area contributed by atoms with E-state index in [0.29, 0.717) is 22.0 Å². The van der Waals surface area contributed by atoms with Crippen LogP contribution in [0.4, 0.5) is 0 Å². The van der Waals surface area contributed by atoms with Gasteiger partial charge in [0.2, 0.25) is 0 Å². The molecule has 31 heavy (non-hydrogen) atoms. The summed E-state index contributed by atoms with van der Waals surface area (Å²) in [5, 5.41) is 4.66. The Hall–Kier alpha value is -2.33. The van der Waals surface area contributed by atoms with Crippen molar-refractivity contribution >= 4 is 29.1 Å². The van der Waals surface area contributed by atoms with E-state index in [0.717, 1.165) is 18.4 Å². The van der Waals surface area contributed by atoms with E-state index in [1.54, 1.807) is 19.0 Å². The van der Waals surface area contributed by atoms with Crippen molar-refractivity contribution in [1.29, 1.82) is 0 Å². The number of hydrogen-bond donors (Lipinski definition) is 1. The smallest absolute Gasteiger partial charge is 0.253 e. The highest BCUT2D eigenvalue weighted by Gasteiger charge is 2.27. The monoisotopic (exact) mass is 454 g/mol. The van der Waals surface area contributed by atoms with Crippen LogP contribution in [0.3, 0.4) is 0 Å². The first-order valence-electron chi connectivity index (χ1n) is 10.4. The van der Waals surface area contributed by atoms with Crippen LogP contribution in [0, 0.1) is 0 Å². The van der Waals surface area contributed by atoms with Gasteiger partial charge in [0.05, 0.1) is 10.0 Å². The van der Waals surface area contributed by atoms with Gasteiger partial charge in [0, 0.05) is 31.6 Å². The van der Waals surface area contributed by atoms with Crippen LogP contribution in [0.2, 0.25) is 10.0 Å². The van der Waals surface area contributed by atoms with Gasteiger partial charge in [-0.1, -0.05) is 71.7 Å². The second kappa shape index (κ2) is 10.8. The molecule has 0 unspecified atom stereocenters. The van der Waals surface area contributed by atoms with Crippen molar-refractivity contribution in [2.24, 2.45) is 0 Å². The number of carbonyl (C=O) groups is 1. The van der Waals surface area contributed by atoms with Gasteiger partial charge in [-0.2, -0.15) is 0 Å². The van der Waals surface area contributed by atoms with Crippen LogP contribution in [0.1, 0.15) is 51.8 Å². The van der Waals surface area contributed by atoms with E-state index in [2.05, 4.69) is 35.6 Å². The average Bonchev–Trinajstić information content (AvgIpc) is 2.80. The molecule has 162 valence electrons. The maximum absolute atomic E-state index is 11.3. The van der Waals surface area contributed by atoms with Gasteiger partial charge >= 0.3 is 0 Å². The fourth-order valence-corrected chi connectivity index (χ4v) is 4.31. The molecule has 1 aliphatic carbocycles. The third-order valence-electron chi connectivity index (χ3n) is 5.61. The molecule has 0 heterocycles. The van der Waals surface area contributed by atoms with E-state index < -0.39 is 0 Å². The summed E-state index contributed by atoms with van der Waals surface area (Å²) in [4.78, 5) is 12.8. The van der Waals surface area contributed by atoms with E-state index in [1.807, 2.05) is 49.5 Å². The quantitative estimate of drug-likeness (QED) is 0.485. The lowest BCUT2D eigenvalue weighted by atomic mass is 9.77. The molecule has 3 aromatic rings. The summed E-state index contributed by atoms with van der Waals surface area (Å²) in [5.41, 5.74) is 4.78. The van der Waals surface area contributed by atoms with Crippen LogP contribution in [-0.2, 0) is 0 Å². The minimum absolute atomic E-state index is 0.0469. The summed E-state index contributed by atoms with van der Waals surface area (Å²) >= 11 is 12.2. The molecule has 2 atom stereocenters. The Morgan fingerprint density at radius 2 is 1.52 bits per heavy atom. The summed E-state index contributed by atoms with van der Waals surface area (Å²) in [5.74, 6) is 0.455. The lowest BCUT2D eigenvalue weighted by Crippen LogP contribution is -2.24. The van der Waals surface area contributed by atoms with Gasteiger partial charge in [-0.05, 0) is 60.8 Å². The molecule has 0 fully saturated rings. The lowest BCUT2D eigenvalue weighted by Gasteiger charge is -2.32. The average molecular weight is 455 g/mol. The second-order valence-electron chi connectivity index (χ2n) is 7.84. The molecule has 0 aromatic heterocycles. The molecule has 0 aliphatic heterocycles. The Balaban J connectivity index is 0.000000210. The van der Waals surface area contributed by atoms with E-state index in [9.17, 15) is 4.79 Å². The molecule has 0 saturated carbocycles. The van der Waals surface area contributed by atoms with Gasteiger partial charge in [-0.15, -0.1) is 0 Å². The Morgan fingerprint density at radius 1 is 0.871 bits per heavy atom. The molecule has 1 amide bonds. The number of hydrogen-bond acceptors (Lipinski definition) is 2. The minimum Gasteiger partial charge on any atom is -0.345 e. The van der Waals surface area contributed by atoms with Crippen molar-refractivity contribution in [3.8, 4) is 0 Å². The maximum Gasteiger partial charge on any atom is 0.253 e. The minimum atomic E-state index is 0.0469. The van der Waals surface area contributed by atoms with E-state index in [1.165, 1.54) is 16.7 Å². The summed E-state index contributed by atoms with van der Waals surface area (Å²) in [6, 6.07) is 24.3. The van der Waals surface area contributed by atoms with Gasteiger partial charge in [-0.25, -0.2) is 0 Å². The largest absolute Gasteiger partial charge is 0.345 e. The zero-order chi connectivity index (χ0) is 22.4. The van der Waals surface area contributed by atoms with Gasteiger partial charge < -0.3 is 10.2 Å². The molecule has 0 saturated heterocycles. The van der Waals surface area contributed by atoms with Crippen molar-refractivity contribution in [3.05, 3.63) is 105 Å². The number of benzene rings is 3. The van der Waals surface area contributed by atoms with Gasteiger partial charge in [0.1, 0.15) is 0 Å². The molecule has 5 heteroatoms. The fraction of sp³-hybridized carbons (Fsp3) is 0.269. The highest BCUT2D eigenvalue weighted by Crippen LogP contribution is 2.42. The first kappa shape index (κ1) is 23.3. The maximum atomic E-state index is 11.3. The van der Waals surface area contributed by atoms with Gasteiger partial charge in [-0.3, -0.25) is 4.79 Å². The van der Waals surface area contributed by atoms with E-state index in [-0.39, 0.29) is 5.91 Å². The number of fused-ring (bicyclic) bond motifs is 1. The van der Waals surface area contributed by atoms with Crippen LogP contribution < -0.4 is 5.32 Å². The van der Waals surface area contributed by atoms with E-state index >= 15 is 0 Å². The zero-order valence-electron chi connectivity index (χ0n) is 18.1. The Bertz CT molecular complexity index is 1020. The number of rotatable bonds is 3. The fourth-order valence-electron chi connectivity index (χ4n) is 4.00. The van der Waals surface area contributed by atoms with Crippen LogP contribution in [0.15, 0.2) is 72.8 Å². The van der Waals surface area contributed by atoms with Crippen molar-refractivity contribution in [2.45, 2.75) is 24.8 Å². The molecular formula is C26H28Cl2N2O. The first-order valence-corrected chi connectivity index (χ1v) is 11.2. The van der Waals surface area contributed by atoms with Crippen molar-refractivity contribution in [3.63, 3.8) is 0 Å². The topological polar surface area (TPSA) is 32.3 Å². The first-order chi connectivity index (χ1) is 14.9. The lowest BCUT2D eigenvalue weighted by molar-refractivity contribution is 0.0827. The predicted molar refractivity (Wildman–Crippen MR) is 130 cm³/mol. The molecule has 1 N–H and O–H groups in total. The molecule has 3 nitrogen and oxygen atoms in total. The number of nitrogens with zero attached hydrogens (tertiary/aromatic N) is 1. The second-order valence-corrected chi connectivity index (χ2v) is 8.65. The molecule has 0 radical (unpaired) electrons. The van der Waals surface area contributed by atoms with Gasteiger partial charge in [0.15, 0.2) is 0 Å². The number of nitrogens with one attached hydrogen (secondary N) is 1. The zero-order valence-corrected chi connectivity index (χ0v) is 19.6. The highest BCUT2D eigenvalue weighted by molar-refractivity contribution is 6.42. The molecule has 0 spiro atoms. The number of amides is 1. The Kier molecular flexibility index (Phi) is 8.14. The summed E-state index contributed by atoms with van der Waals surface area (Å²) in [6.07, 6.45) is 2.26. The molecule has 1 aliphatic rings. The van der Waals surface area contributed by atoms with Crippen LogP contribution >= 0.6 is 23.2 Å². The molecule has 0 bridgehead atoms. The van der Waals surface area contributed by atoms with Crippen LogP contribution in [0.5, 0.6) is 0 Å². The summed E-state index contributed by atoms with van der Waals surface area (Å²) in [6.45, 7) is 0. The summed E-state index contributed by atoms with van der Waals surface area (Å²) in [7, 11) is 5.52. The van der Waals surface area contributed by atoms with E-state index in [4.69, 9.17) is 23.2 Å². The molecule has 3 aromatic carbocycles. The number of carbonyl (C=O) groups excluding carboxylic acids is 1. The molecular weight excluding hydrogens is 427 g/mol. The normalized spacial score (nSPS) is 17.2. The van der Waals surface area contributed by atoms with Crippen molar-refractivity contribution < 1.29 is 4.79 Å². The third kappa shape index (κ3) is 5.68. The van der Waals surface area contributed by atoms with Crippen molar-refractivity contribution in [1.82, 2.24) is 10.2 Å². The predicted octanol–water partition coefficient (Wildman–Crippen LogP) is 6.57. The number of halogens is 2. The Morgan fingerprint density at radius 3 is 2.13 bits per heavy atom. The Labute approximate surface area is 195 Å². The van der Waals surface area contributed by atoms with Crippen LogP contribution in [0.25, 0.3) is 0 Å². The summed E-state index contributed by atoms with van der Waals surface area (Å²) < 4.78 is 0. The standard InChI is InChI=1S/C17H17Cl2N.C9H11NO/c1-20-17-9-7-12(13-4-2-3-5-14(13)17)11-6-8-15(18)16(19)10-11;1-10(2)9(11)8-6-4-3-5-7-8/h2-6,8,10,12,17,20H,7,9H2,1H3;3-7H,1-2H3/t12-,17-;/m0./s1.